The van der Waals surface area contributed by atoms with E-state index >= 15 is 0 Å². The van der Waals surface area contributed by atoms with Gasteiger partial charge >= 0.3 is 134 Å². The van der Waals surface area contributed by atoms with Gasteiger partial charge in [0, 0.05) is 85.6 Å². The predicted octanol–water partition coefficient (Wildman–Crippen LogP) is 30.8. The Morgan fingerprint density at radius 1 is 0.278 bits per heavy atom. The van der Waals surface area contributed by atoms with Crippen LogP contribution >= 0.6 is 37.7 Å². The molecule has 0 N–H and O–H groups in total. The second-order valence-electron chi connectivity index (χ2n) is 34.6. The number of rotatable bonds is 16. The summed E-state index contributed by atoms with van der Waals surface area (Å²) in [6, 6.07) is 80.7. The summed E-state index contributed by atoms with van der Waals surface area (Å²) >= 11 is -0.556. The first-order valence-electron chi connectivity index (χ1n) is 43.4. The van der Waals surface area contributed by atoms with Gasteiger partial charge in [-0.2, -0.15) is 0 Å². The van der Waals surface area contributed by atoms with E-state index in [2.05, 4.69) is 329 Å². The van der Waals surface area contributed by atoms with Gasteiger partial charge < -0.3 is 18.3 Å². The van der Waals surface area contributed by atoms with Crippen molar-refractivity contribution in [2.75, 3.05) is 0 Å². The quantitative estimate of drug-likeness (QED) is 0.0534. The smallest absolute Gasteiger partial charge is 2.00 e. The van der Waals surface area contributed by atoms with E-state index < -0.39 is 11.9 Å². The van der Waals surface area contributed by atoms with Crippen molar-refractivity contribution in [1.29, 1.82) is 0 Å². The molecule has 0 saturated heterocycles. The van der Waals surface area contributed by atoms with Gasteiger partial charge in [-0.1, -0.05) is 272 Å². The fourth-order valence-electron chi connectivity index (χ4n) is 18.7. The molecular weight excluding hydrogens is 2060 g/mol. The van der Waals surface area contributed by atoms with Crippen LogP contribution in [0.15, 0.2) is 243 Å². The van der Waals surface area contributed by atoms with Crippen molar-refractivity contribution in [2.24, 2.45) is 0 Å². The third kappa shape index (κ3) is 17.3. The third-order valence-corrected chi connectivity index (χ3v) is 24.2. The zero-order valence-electron chi connectivity index (χ0n) is 74.1. The monoisotopic (exact) mass is 2150 g/mol. The number of benzene rings is 10. The molecule has 0 saturated carbocycles. The summed E-state index contributed by atoms with van der Waals surface area (Å²) in [6.45, 7) is 36.3. The van der Waals surface area contributed by atoms with Crippen molar-refractivity contribution in [3.05, 3.63) is 300 Å². The van der Waals surface area contributed by atoms with Gasteiger partial charge in [0.05, 0.1) is 52.0 Å². The fraction of sp³-hybridized carbons (Fsp3) is 0.226. The maximum absolute atomic E-state index is 6.81. The first-order chi connectivity index (χ1) is 60.2. The largest absolute Gasteiger partial charge is 2.00 e. The molecule has 0 radical (unpaired) electrons. The maximum Gasteiger partial charge on any atom is 2.00 e. The van der Waals surface area contributed by atoms with Gasteiger partial charge in [0.2, 0.25) is 0 Å². The number of hydrogen-bond acceptors (Lipinski definition) is 8. The summed E-state index contributed by atoms with van der Waals surface area (Å²) in [5.74, 6) is 5.45. The van der Waals surface area contributed by atoms with E-state index in [4.69, 9.17) is 77.1 Å². The van der Waals surface area contributed by atoms with Crippen LogP contribution in [-0.2, 0) is 33.0 Å². The first kappa shape index (κ1) is 92.0. The Labute approximate surface area is 815 Å². The number of ether oxygens (including phenoxy) is 2. The molecule has 0 amide bonds. The molecule has 0 aliphatic heterocycles. The van der Waals surface area contributed by atoms with Gasteiger partial charge in [0.1, 0.15) is 34.1 Å². The summed E-state index contributed by atoms with van der Waals surface area (Å²) < 4.78 is 22.7. The molecule has 20 heteroatoms. The number of aromatic nitrogens is 10. The van der Waals surface area contributed by atoms with Crippen LogP contribution in [0.25, 0.3) is 155 Å². The number of pyridine rings is 6. The second kappa shape index (κ2) is 38.3. The Morgan fingerprint density at radius 3 is 0.921 bits per heavy atom. The minimum absolute atomic E-state index is 0. The molecule has 20 aromatic rings. The van der Waals surface area contributed by atoms with E-state index in [1.807, 2.05) is 55.2 Å². The van der Waals surface area contributed by atoms with Gasteiger partial charge in [-0.3, -0.25) is 18.8 Å². The summed E-state index contributed by atoms with van der Waals surface area (Å²) in [7, 11) is 20.0. The standard InChI is InChI=1S/C53H49N5O.C53H47N5O.4ClH.2K.2Pt/c2*1-30(2)36-15-11-16-37(31(3)4)49(36)47-28-55-52-44-26-34(21-23-40(44)42-14-9-10-20-46(42)57(47)52)59-35-22-24-41-43-19-13-25-54-51(43)58-48(29-56-53(58)45(41)27-35)50-38(32(5)6)17-12-18-39(50)33(7)8;;;;;;;;/h9-33H,1-8H3;9-25,28-33H,1-8H3;4*1H;;;;/q;-2;;;;;;;+2;+4/p-4. The molecule has 20 rings (SSSR count). The molecular formula is C106H96Cl4K2N10O2Pt2. The average Bonchev–Trinajstić information content (AvgIpc) is 1.53. The SMILES string of the molecule is CC(C)c1cccc(C(C)C)c1-c1cnc2c3[c-]c(Oc4[c-]c5c(cc4)c4cccnc4n4c(-c6c(C(C)C)cccc6C(C)C)cnc54)ccc3c3ccccc3n12.CC(C)c1cccc(C(C)C)c1-c1cnc2c3cc(Oc4ccc5c6cccnc6n6c(-c7c(C(C)C)cccc7C(C)C)cnc6c5c4)ccc3c3ccccc3n12.[Cl][Pt]([Cl])([Cl])[Cl].[K][K].[Pt+2]. The summed E-state index contributed by atoms with van der Waals surface area (Å²) in [5, 5.41) is 12.6. The molecule has 10 heterocycles. The number of halogens is 4. The zero-order chi connectivity index (χ0) is 87.9. The Morgan fingerprint density at radius 2 is 0.548 bits per heavy atom. The van der Waals surface area contributed by atoms with Crippen LogP contribution < -0.4 is 9.47 Å². The number of para-hydroxylation sites is 2. The van der Waals surface area contributed by atoms with Crippen LogP contribution in [0.5, 0.6) is 23.0 Å². The Kier molecular flexibility index (Phi) is 28.0. The van der Waals surface area contributed by atoms with Crippen LogP contribution in [-0.4, -0.2) is 111 Å². The number of imidazole rings is 4. The summed E-state index contributed by atoms with van der Waals surface area (Å²) in [4.78, 5) is 30.5. The fourth-order valence-corrected chi connectivity index (χ4v) is 18.7. The maximum atomic E-state index is 6.81. The van der Waals surface area contributed by atoms with E-state index in [0.29, 0.717) is 58.8 Å². The molecule has 0 spiro atoms. The second-order valence-corrected chi connectivity index (χ2v) is 54.3. The van der Waals surface area contributed by atoms with E-state index in [9.17, 15) is 0 Å². The van der Waals surface area contributed by atoms with E-state index in [0.717, 1.165) is 138 Å². The van der Waals surface area contributed by atoms with Crippen molar-refractivity contribution in [3.63, 3.8) is 0 Å². The van der Waals surface area contributed by atoms with Crippen molar-refractivity contribution in [3.8, 4) is 68.0 Å². The summed E-state index contributed by atoms with van der Waals surface area (Å²) in [5.41, 5.74) is 27.3. The topological polar surface area (TPSA) is 113 Å². The van der Waals surface area contributed by atoms with Crippen LogP contribution in [0.3, 0.4) is 0 Å². The van der Waals surface area contributed by atoms with Crippen LogP contribution in [0.4, 0.5) is 0 Å². The van der Waals surface area contributed by atoms with E-state index in [-0.39, 0.29) is 21.1 Å². The Hall–Kier alpha value is -7.25. The number of nitrogens with zero attached hydrogens (tertiary/aromatic N) is 10. The van der Waals surface area contributed by atoms with Gasteiger partial charge in [-0.25, -0.2) is 19.9 Å². The van der Waals surface area contributed by atoms with Crippen molar-refractivity contribution >= 4 is 210 Å². The van der Waals surface area contributed by atoms with Gasteiger partial charge in [-0.15, -0.1) is 12.1 Å². The normalized spacial score (nSPS) is 12.2. The predicted molar refractivity (Wildman–Crippen MR) is 524 cm³/mol. The number of fused-ring (bicyclic) bond motifs is 24. The molecule has 0 aliphatic carbocycles. The molecule has 0 bridgehead atoms. The van der Waals surface area contributed by atoms with Crippen LogP contribution in [0.1, 0.15) is 203 Å². The first-order valence-corrected chi connectivity index (χ1v) is 70.7. The van der Waals surface area contributed by atoms with Crippen LogP contribution in [0.2, 0.25) is 0 Å². The van der Waals surface area contributed by atoms with E-state index in [1.54, 1.807) is 0 Å². The minimum atomic E-state index is -3.06. The minimum Gasteiger partial charge on any atom is 2.00 e. The molecule has 0 aliphatic rings. The molecule has 0 atom stereocenters. The average molecular weight is 2150 g/mol. The van der Waals surface area contributed by atoms with Gasteiger partial charge in [0.15, 0.2) is 0 Å². The Bertz CT molecular complexity index is 6610. The number of hydrogen-bond donors (Lipinski definition) is 0. The van der Waals surface area contributed by atoms with Gasteiger partial charge in [0.25, 0.3) is 0 Å². The third-order valence-electron chi connectivity index (χ3n) is 24.2. The molecule has 12 nitrogen and oxygen atoms in total. The van der Waals surface area contributed by atoms with Gasteiger partial charge in [-0.05, 0) is 180 Å². The molecule has 0 unspecified atom stereocenters. The molecule has 10 aromatic carbocycles. The van der Waals surface area contributed by atoms with E-state index in [1.165, 1.54) is 135 Å². The zero-order valence-corrected chi connectivity index (χ0v) is 88.0. The molecule has 0 fully saturated rings. The molecule has 126 heavy (non-hydrogen) atoms. The summed E-state index contributed by atoms with van der Waals surface area (Å²) in [6.07, 6.45) is 11.9. The van der Waals surface area contributed by atoms with Crippen molar-refractivity contribution in [2.45, 2.75) is 158 Å². The van der Waals surface area contributed by atoms with Crippen LogP contribution in [0, 0.1) is 12.1 Å². The Balaban J connectivity index is 0.000000172. The molecule has 632 valence electrons. The van der Waals surface area contributed by atoms with Crippen molar-refractivity contribution in [1.82, 2.24) is 47.5 Å². The van der Waals surface area contributed by atoms with Crippen molar-refractivity contribution < 1.29 is 42.4 Å². The molecule has 10 aromatic heterocycles.